The fourth-order valence-electron chi connectivity index (χ4n) is 1.79. The lowest BCUT2D eigenvalue weighted by Gasteiger charge is -2.27. The van der Waals surface area contributed by atoms with E-state index in [-0.39, 0.29) is 6.04 Å². The van der Waals surface area contributed by atoms with Crippen molar-refractivity contribution in [1.82, 2.24) is 9.97 Å². The van der Waals surface area contributed by atoms with Gasteiger partial charge < -0.3 is 10.6 Å². The van der Waals surface area contributed by atoms with Crippen molar-refractivity contribution in [3.63, 3.8) is 0 Å². The smallest absolute Gasteiger partial charge is 0.134 e. The molecule has 1 aromatic heterocycles. The van der Waals surface area contributed by atoms with Crippen molar-refractivity contribution in [3.05, 3.63) is 11.9 Å². The topological polar surface area (TPSA) is 78.8 Å². The van der Waals surface area contributed by atoms with Crippen LogP contribution in [0, 0.1) is 11.3 Å². The molecule has 1 rings (SSSR count). The third-order valence-corrected chi connectivity index (χ3v) is 2.63. The molecule has 0 aromatic carbocycles. The van der Waals surface area contributed by atoms with E-state index in [2.05, 4.69) is 41.7 Å². The predicted molar refractivity (Wildman–Crippen MR) is 73.2 cm³/mol. The van der Waals surface area contributed by atoms with Gasteiger partial charge in [-0.25, -0.2) is 9.97 Å². The van der Waals surface area contributed by atoms with Crippen LogP contribution in [-0.2, 0) is 6.42 Å². The van der Waals surface area contributed by atoms with E-state index in [0.29, 0.717) is 18.8 Å². The number of nitriles is 1. The van der Waals surface area contributed by atoms with Crippen LogP contribution in [0.2, 0.25) is 0 Å². The molecule has 98 valence electrons. The van der Waals surface area contributed by atoms with Gasteiger partial charge >= 0.3 is 0 Å². The molecule has 0 bridgehead atoms. The summed E-state index contributed by atoms with van der Waals surface area (Å²) < 4.78 is 0. The van der Waals surface area contributed by atoms with Crippen LogP contribution in [0.3, 0.4) is 0 Å². The van der Waals surface area contributed by atoms with Crippen molar-refractivity contribution in [2.45, 2.75) is 46.1 Å². The molecule has 0 saturated carbocycles. The summed E-state index contributed by atoms with van der Waals surface area (Å²) in [5.41, 5.74) is 5.81. The Bertz CT molecular complexity index is 422. The maximum Gasteiger partial charge on any atom is 0.134 e. The summed E-state index contributed by atoms with van der Waals surface area (Å²) in [6.45, 7) is 6.91. The third-order valence-electron chi connectivity index (χ3n) is 2.63. The minimum absolute atomic E-state index is 0.280. The zero-order valence-electron chi connectivity index (χ0n) is 11.3. The lowest BCUT2D eigenvalue weighted by atomic mass is 10.2. The van der Waals surface area contributed by atoms with Crippen molar-refractivity contribution < 1.29 is 0 Å². The van der Waals surface area contributed by atoms with E-state index in [0.717, 1.165) is 24.5 Å². The second-order valence-corrected chi connectivity index (χ2v) is 4.51. The number of aromatic nitrogens is 2. The highest BCUT2D eigenvalue weighted by molar-refractivity contribution is 5.47. The van der Waals surface area contributed by atoms with Gasteiger partial charge in [-0.3, -0.25) is 0 Å². The fraction of sp³-hybridized carbons (Fsp3) is 0.615. The molecule has 0 aliphatic rings. The lowest BCUT2D eigenvalue weighted by molar-refractivity contribution is 0.671. The van der Waals surface area contributed by atoms with E-state index < -0.39 is 0 Å². The van der Waals surface area contributed by atoms with Crippen molar-refractivity contribution in [1.29, 1.82) is 5.26 Å². The van der Waals surface area contributed by atoms with Gasteiger partial charge in [-0.15, -0.1) is 0 Å². The fourth-order valence-corrected chi connectivity index (χ4v) is 1.79. The lowest BCUT2D eigenvalue weighted by Crippen LogP contribution is -2.32. The standard InChI is InChI=1S/C13H21N5/c1-4-6-12-16-11(15)9-13(17-12)18(10(2)3)8-5-7-14/h9-10H,4-6,8H2,1-3H3,(H2,15,16,17). The summed E-state index contributed by atoms with van der Waals surface area (Å²) in [7, 11) is 0. The molecule has 0 radical (unpaired) electrons. The van der Waals surface area contributed by atoms with E-state index in [9.17, 15) is 0 Å². The second kappa shape index (κ2) is 6.80. The first kappa shape index (κ1) is 14.2. The number of aryl methyl sites for hydroxylation is 1. The highest BCUT2D eigenvalue weighted by Crippen LogP contribution is 2.17. The quantitative estimate of drug-likeness (QED) is 0.833. The first-order valence-electron chi connectivity index (χ1n) is 6.35. The van der Waals surface area contributed by atoms with Crippen LogP contribution in [0.5, 0.6) is 0 Å². The summed E-state index contributed by atoms with van der Waals surface area (Å²) >= 11 is 0. The SMILES string of the molecule is CCCc1nc(N)cc(N(CCC#N)C(C)C)n1. The molecule has 0 saturated heterocycles. The number of nitrogen functional groups attached to an aromatic ring is 1. The van der Waals surface area contributed by atoms with E-state index >= 15 is 0 Å². The van der Waals surface area contributed by atoms with Crippen LogP contribution in [0.25, 0.3) is 0 Å². The summed E-state index contributed by atoms with van der Waals surface area (Å²) in [5.74, 6) is 2.08. The Kier molecular flexibility index (Phi) is 5.37. The van der Waals surface area contributed by atoms with Gasteiger partial charge in [0.05, 0.1) is 12.5 Å². The molecule has 1 heterocycles. The molecule has 0 spiro atoms. The van der Waals surface area contributed by atoms with E-state index in [1.807, 2.05) is 0 Å². The van der Waals surface area contributed by atoms with Gasteiger partial charge in [0.1, 0.15) is 17.5 Å². The Morgan fingerprint density at radius 1 is 1.44 bits per heavy atom. The number of anilines is 2. The molecule has 5 heteroatoms. The van der Waals surface area contributed by atoms with E-state index in [1.165, 1.54) is 0 Å². The first-order chi connectivity index (χ1) is 8.58. The first-order valence-corrected chi connectivity index (χ1v) is 6.35. The highest BCUT2D eigenvalue weighted by atomic mass is 15.2. The molecule has 0 unspecified atom stereocenters. The van der Waals surface area contributed by atoms with Crippen molar-refractivity contribution in [3.8, 4) is 6.07 Å². The van der Waals surface area contributed by atoms with Crippen LogP contribution in [0.1, 0.15) is 39.4 Å². The zero-order valence-corrected chi connectivity index (χ0v) is 11.3. The van der Waals surface area contributed by atoms with Crippen LogP contribution in [0.15, 0.2) is 6.07 Å². The van der Waals surface area contributed by atoms with Crippen LogP contribution in [-0.4, -0.2) is 22.6 Å². The van der Waals surface area contributed by atoms with Gasteiger partial charge in [-0.1, -0.05) is 6.92 Å². The minimum Gasteiger partial charge on any atom is -0.384 e. The summed E-state index contributed by atoms with van der Waals surface area (Å²) in [4.78, 5) is 10.8. The molecule has 0 aliphatic carbocycles. The second-order valence-electron chi connectivity index (χ2n) is 4.51. The summed E-state index contributed by atoms with van der Waals surface area (Å²) in [6.07, 6.45) is 2.29. The molecule has 2 N–H and O–H groups in total. The molecule has 18 heavy (non-hydrogen) atoms. The summed E-state index contributed by atoms with van der Waals surface area (Å²) in [6, 6.07) is 4.21. The maximum atomic E-state index is 8.70. The Morgan fingerprint density at radius 3 is 2.72 bits per heavy atom. The van der Waals surface area contributed by atoms with Gasteiger partial charge in [0, 0.05) is 25.1 Å². The van der Waals surface area contributed by atoms with Crippen molar-refractivity contribution in [2.75, 3.05) is 17.2 Å². The van der Waals surface area contributed by atoms with Gasteiger partial charge in [-0.05, 0) is 20.3 Å². The van der Waals surface area contributed by atoms with Gasteiger partial charge in [0.25, 0.3) is 0 Å². The largest absolute Gasteiger partial charge is 0.384 e. The van der Waals surface area contributed by atoms with E-state index in [1.54, 1.807) is 6.07 Å². The number of nitrogens with two attached hydrogens (primary N) is 1. The molecule has 1 aromatic rings. The Hall–Kier alpha value is -1.83. The molecular weight excluding hydrogens is 226 g/mol. The molecule has 0 fully saturated rings. The van der Waals surface area contributed by atoms with Gasteiger partial charge in [0.2, 0.25) is 0 Å². The van der Waals surface area contributed by atoms with Crippen molar-refractivity contribution in [2.24, 2.45) is 0 Å². The molecule has 0 aliphatic heterocycles. The zero-order chi connectivity index (χ0) is 13.5. The highest BCUT2D eigenvalue weighted by Gasteiger charge is 2.13. The summed E-state index contributed by atoms with van der Waals surface area (Å²) in [5, 5.41) is 8.70. The van der Waals surface area contributed by atoms with Gasteiger partial charge in [-0.2, -0.15) is 5.26 Å². The molecule has 0 amide bonds. The average molecular weight is 247 g/mol. The molecule has 0 atom stereocenters. The number of hydrogen-bond acceptors (Lipinski definition) is 5. The van der Waals surface area contributed by atoms with E-state index in [4.69, 9.17) is 11.0 Å². The Labute approximate surface area is 109 Å². The van der Waals surface area contributed by atoms with Crippen LogP contribution >= 0.6 is 0 Å². The number of hydrogen-bond donors (Lipinski definition) is 1. The number of rotatable bonds is 6. The number of nitrogens with zero attached hydrogens (tertiary/aromatic N) is 4. The van der Waals surface area contributed by atoms with Crippen LogP contribution < -0.4 is 10.6 Å². The molecular formula is C13H21N5. The average Bonchev–Trinajstić information content (AvgIpc) is 2.28. The monoisotopic (exact) mass is 247 g/mol. The minimum atomic E-state index is 0.280. The van der Waals surface area contributed by atoms with Gasteiger partial charge in [0.15, 0.2) is 0 Å². The molecule has 5 nitrogen and oxygen atoms in total. The Morgan fingerprint density at radius 2 is 2.17 bits per heavy atom. The predicted octanol–water partition coefficient (Wildman–Crippen LogP) is 2.14. The van der Waals surface area contributed by atoms with Crippen molar-refractivity contribution >= 4 is 11.6 Å². The maximum absolute atomic E-state index is 8.70. The Balaban J connectivity index is 3.00. The van der Waals surface area contributed by atoms with Crippen LogP contribution in [0.4, 0.5) is 11.6 Å². The normalized spacial score (nSPS) is 10.4. The third kappa shape index (κ3) is 3.88.